The lowest BCUT2D eigenvalue weighted by Crippen LogP contribution is -2.52. The van der Waals surface area contributed by atoms with Crippen LogP contribution < -0.4 is 4.31 Å². The summed E-state index contributed by atoms with van der Waals surface area (Å²) in [5.74, 6) is -0.326. The van der Waals surface area contributed by atoms with E-state index < -0.39 is 10.0 Å². The highest BCUT2D eigenvalue weighted by molar-refractivity contribution is 7.92. The molecule has 2 amide bonds. The number of nitrogens with zero attached hydrogens (tertiary/aromatic N) is 3. The molecule has 1 fully saturated rings. The molecule has 0 aromatic heterocycles. The number of piperazine rings is 1. The number of anilines is 1. The van der Waals surface area contributed by atoms with Crippen LogP contribution in [0, 0.1) is 6.92 Å². The van der Waals surface area contributed by atoms with E-state index >= 15 is 0 Å². The highest BCUT2D eigenvalue weighted by atomic mass is 35.5. The Bertz CT molecular complexity index is 774. The molecular formula is C16H22ClN3O4S. The first-order valence-corrected chi connectivity index (χ1v) is 10.1. The maximum absolute atomic E-state index is 12.6. The van der Waals surface area contributed by atoms with Crippen LogP contribution in [0.5, 0.6) is 0 Å². The Morgan fingerprint density at radius 2 is 1.72 bits per heavy atom. The van der Waals surface area contributed by atoms with Gasteiger partial charge in [-0.15, -0.1) is 0 Å². The highest BCUT2D eigenvalue weighted by Crippen LogP contribution is 2.28. The van der Waals surface area contributed by atoms with Gasteiger partial charge in [0.15, 0.2) is 0 Å². The molecule has 0 N–H and O–H groups in total. The number of hydrogen-bond donors (Lipinski definition) is 0. The van der Waals surface area contributed by atoms with Gasteiger partial charge in [0.05, 0.1) is 11.9 Å². The van der Waals surface area contributed by atoms with E-state index in [2.05, 4.69) is 0 Å². The SMILES string of the molecule is CC(=O)N1CCN(C(=O)CN(c2cccc(Cl)c2C)S(C)(=O)=O)CC1. The summed E-state index contributed by atoms with van der Waals surface area (Å²) in [4.78, 5) is 27.2. The number of amides is 2. The van der Waals surface area contributed by atoms with Crippen LogP contribution in [0.15, 0.2) is 18.2 Å². The standard InChI is InChI=1S/C16H22ClN3O4S/c1-12-14(17)5-4-6-15(12)20(25(3,23)24)11-16(22)19-9-7-18(8-10-19)13(2)21/h4-6H,7-11H2,1-3H3. The van der Waals surface area contributed by atoms with Crippen LogP contribution in [0.2, 0.25) is 5.02 Å². The number of rotatable bonds is 4. The number of benzene rings is 1. The first-order chi connectivity index (χ1) is 11.6. The molecule has 1 aliphatic heterocycles. The first kappa shape index (κ1) is 19.5. The Hall–Kier alpha value is -1.80. The van der Waals surface area contributed by atoms with Crippen LogP contribution in [0.1, 0.15) is 12.5 Å². The second-order valence-electron chi connectivity index (χ2n) is 6.04. The Morgan fingerprint density at radius 1 is 1.16 bits per heavy atom. The molecule has 0 radical (unpaired) electrons. The largest absolute Gasteiger partial charge is 0.339 e. The maximum atomic E-state index is 12.6. The van der Waals surface area contributed by atoms with Gasteiger partial charge in [-0.3, -0.25) is 13.9 Å². The zero-order chi connectivity index (χ0) is 18.8. The molecule has 1 saturated heterocycles. The van der Waals surface area contributed by atoms with Crippen molar-refractivity contribution in [3.8, 4) is 0 Å². The number of halogens is 1. The minimum Gasteiger partial charge on any atom is -0.339 e. The smallest absolute Gasteiger partial charge is 0.243 e. The van der Waals surface area contributed by atoms with E-state index in [4.69, 9.17) is 11.6 Å². The average Bonchev–Trinajstić information content (AvgIpc) is 2.54. The maximum Gasteiger partial charge on any atom is 0.243 e. The molecule has 138 valence electrons. The van der Waals surface area contributed by atoms with E-state index in [-0.39, 0.29) is 18.4 Å². The predicted molar refractivity (Wildman–Crippen MR) is 97.2 cm³/mol. The molecule has 7 nitrogen and oxygen atoms in total. The van der Waals surface area contributed by atoms with Crippen LogP contribution in [-0.2, 0) is 19.6 Å². The first-order valence-electron chi connectivity index (χ1n) is 7.87. The Kier molecular flexibility index (Phi) is 5.95. The van der Waals surface area contributed by atoms with Crippen LogP contribution in [-0.4, -0.2) is 69.0 Å². The summed E-state index contributed by atoms with van der Waals surface area (Å²) in [5.41, 5.74) is 0.995. The number of carbonyl (C=O) groups is 2. The third kappa shape index (κ3) is 4.64. The summed E-state index contributed by atoms with van der Waals surface area (Å²) in [6, 6.07) is 4.95. The number of hydrogen-bond acceptors (Lipinski definition) is 4. The van der Waals surface area contributed by atoms with Gasteiger partial charge in [-0.05, 0) is 24.6 Å². The lowest BCUT2D eigenvalue weighted by atomic mass is 10.2. The highest BCUT2D eigenvalue weighted by Gasteiger charge is 2.28. The van der Waals surface area contributed by atoms with Gasteiger partial charge >= 0.3 is 0 Å². The minimum atomic E-state index is -3.65. The number of carbonyl (C=O) groups excluding carboxylic acids is 2. The number of sulfonamides is 1. The fraction of sp³-hybridized carbons (Fsp3) is 0.500. The molecule has 1 aliphatic rings. The van der Waals surface area contributed by atoms with Crippen molar-refractivity contribution in [3.63, 3.8) is 0 Å². The van der Waals surface area contributed by atoms with Gasteiger partial charge in [0.1, 0.15) is 6.54 Å². The van der Waals surface area contributed by atoms with Gasteiger partial charge in [0.2, 0.25) is 21.8 Å². The van der Waals surface area contributed by atoms with Crippen molar-refractivity contribution in [2.45, 2.75) is 13.8 Å². The fourth-order valence-corrected chi connectivity index (χ4v) is 3.81. The zero-order valence-corrected chi connectivity index (χ0v) is 16.1. The monoisotopic (exact) mass is 387 g/mol. The Morgan fingerprint density at radius 3 is 2.24 bits per heavy atom. The molecule has 0 atom stereocenters. The second kappa shape index (κ2) is 7.61. The van der Waals surface area contributed by atoms with E-state index in [0.717, 1.165) is 10.6 Å². The van der Waals surface area contributed by atoms with Gasteiger partial charge in [-0.1, -0.05) is 17.7 Å². The summed E-state index contributed by atoms with van der Waals surface area (Å²) >= 11 is 6.08. The van der Waals surface area contributed by atoms with Crippen LogP contribution in [0.25, 0.3) is 0 Å². The van der Waals surface area contributed by atoms with E-state index in [1.165, 1.54) is 6.92 Å². The second-order valence-corrected chi connectivity index (χ2v) is 8.35. The van der Waals surface area contributed by atoms with Gasteiger partial charge in [0.25, 0.3) is 0 Å². The molecular weight excluding hydrogens is 366 g/mol. The summed E-state index contributed by atoms with van der Waals surface area (Å²) in [6.45, 7) is 4.61. The van der Waals surface area contributed by atoms with Gasteiger partial charge in [-0.25, -0.2) is 8.42 Å². The predicted octanol–water partition coefficient (Wildman–Crippen LogP) is 1.11. The molecule has 0 saturated carbocycles. The molecule has 1 aromatic carbocycles. The van der Waals surface area contributed by atoms with Crippen molar-refractivity contribution in [3.05, 3.63) is 28.8 Å². The van der Waals surface area contributed by atoms with Crippen molar-refractivity contribution in [1.82, 2.24) is 9.80 Å². The third-order valence-electron chi connectivity index (χ3n) is 4.26. The Balaban J connectivity index is 2.17. The van der Waals surface area contributed by atoms with Crippen molar-refractivity contribution >= 4 is 39.1 Å². The van der Waals surface area contributed by atoms with E-state index in [1.807, 2.05) is 0 Å². The van der Waals surface area contributed by atoms with Gasteiger partial charge in [-0.2, -0.15) is 0 Å². The third-order valence-corrected chi connectivity index (χ3v) is 5.80. The van der Waals surface area contributed by atoms with E-state index in [0.29, 0.717) is 42.5 Å². The molecule has 0 unspecified atom stereocenters. The van der Waals surface area contributed by atoms with Gasteiger partial charge in [0, 0.05) is 38.1 Å². The quantitative estimate of drug-likeness (QED) is 0.775. The Labute approximate surface area is 153 Å². The van der Waals surface area contributed by atoms with Crippen molar-refractivity contribution < 1.29 is 18.0 Å². The summed E-state index contributed by atoms with van der Waals surface area (Å²) in [6.07, 6.45) is 1.06. The van der Waals surface area contributed by atoms with Crippen LogP contribution >= 0.6 is 11.6 Å². The molecule has 9 heteroatoms. The van der Waals surface area contributed by atoms with E-state index in [9.17, 15) is 18.0 Å². The minimum absolute atomic E-state index is 0.0283. The summed E-state index contributed by atoms with van der Waals surface area (Å²) < 4.78 is 25.5. The molecule has 1 heterocycles. The molecule has 1 aromatic rings. The lowest BCUT2D eigenvalue weighted by molar-refractivity contribution is -0.137. The topological polar surface area (TPSA) is 78.0 Å². The molecule has 0 bridgehead atoms. The van der Waals surface area contributed by atoms with Crippen molar-refractivity contribution in [2.24, 2.45) is 0 Å². The zero-order valence-electron chi connectivity index (χ0n) is 14.5. The summed E-state index contributed by atoms with van der Waals surface area (Å²) in [5, 5.41) is 0.439. The van der Waals surface area contributed by atoms with Gasteiger partial charge < -0.3 is 9.80 Å². The van der Waals surface area contributed by atoms with Crippen LogP contribution in [0.3, 0.4) is 0 Å². The summed E-state index contributed by atoms with van der Waals surface area (Å²) in [7, 11) is -3.65. The normalized spacial score (nSPS) is 15.2. The molecule has 2 rings (SSSR count). The molecule has 0 aliphatic carbocycles. The van der Waals surface area contributed by atoms with Crippen LogP contribution in [0.4, 0.5) is 5.69 Å². The molecule has 25 heavy (non-hydrogen) atoms. The van der Waals surface area contributed by atoms with Crippen molar-refractivity contribution in [1.29, 1.82) is 0 Å². The lowest BCUT2D eigenvalue weighted by Gasteiger charge is -2.35. The average molecular weight is 388 g/mol. The fourth-order valence-electron chi connectivity index (χ4n) is 2.74. The van der Waals surface area contributed by atoms with E-state index in [1.54, 1.807) is 34.9 Å². The van der Waals surface area contributed by atoms with Crippen molar-refractivity contribution in [2.75, 3.05) is 43.3 Å². The molecule has 0 spiro atoms.